The standard InChI is InChI=1S/C15H17BrN2O2.C6H7N/c16-12-6-8-13(9-7-12)18(17)10-14(19)11-20-15-4-2-1-3-5-15;1-3-4-6(2)5-7/h1-9,14,19H,10-11,17H2;3-4H,1H2,2H3/b;6-4+. The van der Waals surface area contributed by atoms with Gasteiger partial charge in [-0.3, -0.25) is 0 Å². The molecule has 5 nitrogen and oxygen atoms in total. The lowest BCUT2D eigenvalue weighted by Crippen LogP contribution is -2.40. The molecule has 142 valence electrons. The largest absolute Gasteiger partial charge is 0.491 e. The highest BCUT2D eigenvalue weighted by Crippen LogP contribution is 2.16. The minimum atomic E-state index is -0.663. The third-order valence-corrected chi connectivity index (χ3v) is 3.82. The van der Waals surface area contributed by atoms with Gasteiger partial charge in [0.25, 0.3) is 0 Å². The van der Waals surface area contributed by atoms with Crippen molar-refractivity contribution in [3.63, 3.8) is 0 Å². The Hall–Kier alpha value is -2.59. The summed E-state index contributed by atoms with van der Waals surface area (Å²) < 4.78 is 6.47. The first kappa shape index (κ1) is 22.5. The van der Waals surface area contributed by atoms with Crippen molar-refractivity contribution < 1.29 is 9.84 Å². The third-order valence-electron chi connectivity index (χ3n) is 3.30. The summed E-state index contributed by atoms with van der Waals surface area (Å²) in [6.45, 7) is 5.66. The van der Waals surface area contributed by atoms with Crippen LogP contribution in [0.15, 0.2) is 83.4 Å². The Bertz CT molecular complexity index is 755. The van der Waals surface area contributed by atoms with E-state index in [2.05, 4.69) is 22.5 Å². The van der Waals surface area contributed by atoms with Crippen LogP contribution in [0.5, 0.6) is 5.75 Å². The maximum absolute atomic E-state index is 9.94. The Balaban J connectivity index is 0.000000445. The molecule has 1 unspecified atom stereocenters. The van der Waals surface area contributed by atoms with Crippen molar-refractivity contribution in [2.75, 3.05) is 18.2 Å². The number of aliphatic hydroxyl groups excluding tert-OH is 1. The Morgan fingerprint density at radius 1 is 1.30 bits per heavy atom. The van der Waals surface area contributed by atoms with Crippen LogP contribution in [0.4, 0.5) is 5.69 Å². The van der Waals surface area contributed by atoms with Crippen LogP contribution in [0.3, 0.4) is 0 Å². The number of para-hydroxylation sites is 1. The van der Waals surface area contributed by atoms with Crippen molar-refractivity contribution in [1.29, 1.82) is 5.26 Å². The number of benzene rings is 2. The van der Waals surface area contributed by atoms with Crippen LogP contribution in [0.25, 0.3) is 0 Å². The van der Waals surface area contributed by atoms with E-state index in [1.54, 1.807) is 19.1 Å². The zero-order valence-electron chi connectivity index (χ0n) is 15.3. The number of hydrogen-bond donors (Lipinski definition) is 2. The molecule has 27 heavy (non-hydrogen) atoms. The van der Waals surface area contributed by atoms with Gasteiger partial charge in [-0.15, -0.1) is 0 Å². The number of nitrogens with zero attached hydrogens (tertiary/aromatic N) is 2. The molecule has 0 spiro atoms. The first-order valence-corrected chi connectivity index (χ1v) is 9.08. The molecule has 1 atom stereocenters. The molecule has 2 aromatic rings. The van der Waals surface area contributed by atoms with E-state index < -0.39 is 6.10 Å². The summed E-state index contributed by atoms with van der Waals surface area (Å²) in [4.78, 5) is 0. The monoisotopic (exact) mass is 429 g/mol. The molecule has 3 N–H and O–H groups in total. The summed E-state index contributed by atoms with van der Waals surface area (Å²) in [5.74, 6) is 6.65. The van der Waals surface area contributed by atoms with Gasteiger partial charge in [0.1, 0.15) is 18.5 Å². The first-order valence-electron chi connectivity index (χ1n) is 8.29. The van der Waals surface area contributed by atoms with Gasteiger partial charge >= 0.3 is 0 Å². The molecule has 2 rings (SSSR count). The fourth-order valence-electron chi connectivity index (χ4n) is 1.94. The van der Waals surface area contributed by atoms with Crippen molar-refractivity contribution in [3.8, 4) is 11.8 Å². The fraction of sp³-hybridized carbons (Fsp3) is 0.190. The average Bonchev–Trinajstić information content (AvgIpc) is 2.68. The summed E-state index contributed by atoms with van der Waals surface area (Å²) in [6.07, 6.45) is 2.60. The number of allylic oxidation sites excluding steroid dienone is 3. The van der Waals surface area contributed by atoms with Gasteiger partial charge in [0.2, 0.25) is 0 Å². The topological polar surface area (TPSA) is 82.5 Å². The number of rotatable bonds is 7. The van der Waals surface area contributed by atoms with Gasteiger partial charge in [0.05, 0.1) is 18.3 Å². The SMILES string of the molecule is C=C/C=C(\C)C#N.NN(CC(O)COc1ccccc1)c1ccc(Br)cc1. The second-order valence-electron chi connectivity index (χ2n) is 5.60. The predicted molar refractivity (Wildman–Crippen MR) is 113 cm³/mol. The Labute approximate surface area is 169 Å². The first-order chi connectivity index (χ1) is 13.0. The minimum absolute atomic E-state index is 0.203. The highest BCUT2D eigenvalue weighted by molar-refractivity contribution is 9.10. The van der Waals surface area contributed by atoms with Crippen molar-refractivity contribution >= 4 is 21.6 Å². The molecule has 0 radical (unpaired) electrons. The van der Waals surface area contributed by atoms with Gasteiger partial charge in [-0.1, -0.05) is 46.8 Å². The molecule has 0 aromatic heterocycles. The number of anilines is 1. The van der Waals surface area contributed by atoms with Crippen LogP contribution >= 0.6 is 15.9 Å². The zero-order valence-corrected chi connectivity index (χ0v) is 16.8. The van der Waals surface area contributed by atoms with Crippen LogP contribution in [-0.2, 0) is 0 Å². The summed E-state index contributed by atoms with van der Waals surface area (Å²) >= 11 is 3.37. The maximum Gasteiger partial charge on any atom is 0.119 e. The van der Waals surface area contributed by atoms with Crippen LogP contribution in [0.1, 0.15) is 6.92 Å². The molecule has 6 heteroatoms. The quantitative estimate of drug-likeness (QED) is 0.298. The molecule has 0 fully saturated rings. The van der Waals surface area contributed by atoms with Crippen molar-refractivity contribution in [2.24, 2.45) is 5.84 Å². The predicted octanol–water partition coefficient (Wildman–Crippen LogP) is 4.21. The molecule has 0 heterocycles. The molecule has 0 saturated heterocycles. The molecule has 0 aliphatic carbocycles. The fourth-order valence-corrected chi connectivity index (χ4v) is 2.21. The van der Waals surface area contributed by atoms with Gasteiger partial charge in [-0.25, -0.2) is 5.84 Å². The Morgan fingerprint density at radius 3 is 2.44 bits per heavy atom. The Kier molecular flexibility index (Phi) is 10.6. The van der Waals surface area contributed by atoms with E-state index in [9.17, 15) is 5.11 Å². The second kappa shape index (κ2) is 12.7. The van der Waals surface area contributed by atoms with E-state index in [0.29, 0.717) is 12.1 Å². The third kappa shape index (κ3) is 9.61. The van der Waals surface area contributed by atoms with Crippen molar-refractivity contribution in [2.45, 2.75) is 13.0 Å². The summed E-state index contributed by atoms with van der Waals surface area (Å²) in [5.41, 5.74) is 1.53. The molecule has 0 saturated carbocycles. The molecule has 0 bridgehead atoms. The minimum Gasteiger partial charge on any atom is -0.491 e. The smallest absolute Gasteiger partial charge is 0.119 e. The Morgan fingerprint density at radius 2 is 1.93 bits per heavy atom. The maximum atomic E-state index is 9.94. The lowest BCUT2D eigenvalue weighted by molar-refractivity contribution is 0.112. The average molecular weight is 430 g/mol. The second-order valence-corrected chi connectivity index (χ2v) is 6.52. The van der Waals surface area contributed by atoms with Crippen LogP contribution in [0, 0.1) is 11.3 Å². The number of nitriles is 1. The van der Waals surface area contributed by atoms with Crippen molar-refractivity contribution in [1.82, 2.24) is 0 Å². The van der Waals surface area contributed by atoms with Gasteiger partial charge in [0.15, 0.2) is 0 Å². The lowest BCUT2D eigenvalue weighted by atomic mass is 10.3. The summed E-state index contributed by atoms with van der Waals surface area (Å²) in [6, 6.07) is 18.9. The molecule has 2 aromatic carbocycles. The molecule has 0 aliphatic heterocycles. The normalized spacial score (nSPS) is 11.4. The zero-order chi connectivity index (χ0) is 20.1. The number of hydrogen-bond acceptors (Lipinski definition) is 5. The molecule has 0 amide bonds. The highest BCUT2D eigenvalue weighted by atomic mass is 79.9. The number of aliphatic hydroxyl groups is 1. The highest BCUT2D eigenvalue weighted by Gasteiger charge is 2.10. The van der Waals surface area contributed by atoms with E-state index in [4.69, 9.17) is 15.8 Å². The van der Waals surface area contributed by atoms with Gasteiger partial charge in [0, 0.05) is 10.0 Å². The summed E-state index contributed by atoms with van der Waals surface area (Å²) in [7, 11) is 0. The number of nitrogens with two attached hydrogens (primary N) is 1. The van der Waals surface area contributed by atoms with Gasteiger partial charge < -0.3 is 14.9 Å². The number of hydrazine groups is 1. The van der Waals surface area contributed by atoms with Crippen molar-refractivity contribution in [3.05, 3.63) is 83.4 Å². The van der Waals surface area contributed by atoms with E-state index in [0.717, 1.165) is 15.9 Å². The van der Waals surface area contributed by atoms with Crippen LogP contribution < -0.4 is 15.6 Å². The van der Waals surface area contributed by atoms with E-state index in [1.165, 1.54) is 5.01 Å². The van der Waals surface area contributed by atoms with Crippen LogP contribution in [-0.4, -0.2) is 24.4 Å². The summed E-state index contributed by atoms with van der Waals surface area (Å²) in [5, 5.41) is 19.5. The molecule has 0 aliphatic rings. The van der Waals surface area contributed by atoms with E-state index >= 15 is 0 Å². The number of ether oxygens (including phenoxy) is 1. The number of halogens is 1. The molecular formula is C21H24BrN3O2. The molecular weight excluding hydrogens is 406 g/mol. The van der Waals surface area contributed by atoms with Crippen LogP contribution in [0.2, 0.25) is 0 Å². The lowest BCUT2D eigenvalue weighted by Gasteiger charge is -2.22. The van der Waals surface area contributed by atoms with Gasteiger partial charge in [-0.05, 0) is 49.4 Å². The van der Waals surface area contributed by atoms with Gasteiger partial charge in [-0.2, -0.15) is 5.26 Å². The van der Waals surface area contributed by atoms with E-state index in [-0.39, 0.29) is 6.61 Å². The van der Waals surface area contributed by atoms with E-state index in [1.807, 2.05) is 60.7 Å².